The van der Waals surface area contributed by atoms with Crippen LogP contribution in [0.1, 0.15) is 23.3 Å². The fourth-order valence-corrected chi connectivity index (χ4v) is 5.77. The maximum atomic E-state index is 13.0. The number of pyridine rings is 1. The number of hydrogen-bond donors (Lipinski definition) is 1. The second-order valence-electron chi connectivity index (χ2n) is 8.16. The van der Waals surface area contributed by atoms with Crippen molar-refractivity contribution >= 4 is 38.9 Å². The lowest BCUT2D eigenvalue weighted by atomic mass is 9.84. The summed E-state index contributed by atoms with van der Waals surface area (Å²) in [6.45, 7) is 5.19. The summed E-state index contributed by atoms with van der Waals surface area (Å²) in [5.41, 5.74) is 1.38. The van der Waals surface area contributed by atoms with Crippen molar-refractivity contribution in [3.8, 4) is 0 Å². The summed E-state index contributed by atoms with van der Waals surface area (Å²) in [7, 11) is 1.96. The molecule has 0 aromatic carbocycles. The van der Waals surface area contributed by atoms with Crippen LogP contribution in [0.25, 0.3) is 10.1 Å². The summed E-state index contributed by atoms with van der Waals surface area (Å²) in [5.74, 6) is 0.584. The maximum absolute atomic E-state index is 13.0. The number of nitrogens with one attached hydrogen (secondary N) is 1. The van der Waals surface area contributed by atoms with Crippen LogP contribution in [0.15, 0.2) is 17.6 Å². The summed E-state index contributed by atoms with van der Waals surface area (Å²) >= 11 is 1.50. The Hall–Kier alpha value is -2.03. The molecular formula is C20H25N5O2S. The van der Waals surface area contributed by atoms with Crippen molar-refractivity contribution in [2.45, 2.75) is 18.9 Å². The molecule has 1 N–H and O–H groups in total. The number of likely N-dealkylation sites (N-methyl/N-ethyl adjacent to an activating group) is 1. The highest BCUT2D eigenvalue weighted by molar-refractivity contribution is 7.18. The molecule has 6 rings (SSSR count). The van der Waals surface area contributed by atoms with Gasteiger partial charge in [0.2, 0.25) is 5.91 Å². The topological polar surface area (TPSA) is 68.8 Å². The zero-order valence-corrected chi connectivity index (χ0v) is 16.9. The van der Waals surface area contributed by atoms with E-state index in [1.165, 1.54) is 11.3 Å². The molecule has 0 spiro atoms. The highest BCUT2D eigenvalue weighted by Gasteiger charge is 2.35. The van der Waals surface area contributed by atoms with Gasteiger partial charge in [0.15, 0.2) is 0 Å². The fraction of sp³-hybridized carbons (Fsp3) is 0.550. The van der Waals surface area contributed by atoms with E-state index in [0.717, 1.165) is 54.8 Å². The number of piperazine rings is 1. The lowest BCUT2D eigenvalue weighted by Crippen LogP contribution is -2.57. The summed E-state index contributed by atoms with van der Waals surface area (Å²) in [4.78, 5) is 36.2. The van der Waals surface area contributed by atoms with Gasteiger partial charge in [-0.05, 0) is 45.0 Å². The Morgan fingerprint density at radius 2 is 2.07 bits per heavy atom. The van der Waals surface area contributed by atoms with Crippen molar-refractivity contribution in [1.82, 2.24) is 20.1 Å². The van der Waals surface area contributed by atoms with Gasteiger partial charge in [0.25, 0.3) is 5.91 Å². The smallest absolute Gasteiger partial charge is 0.271 e. The molecule has 4 aliphatic heterocycles. The number of hydrogen-bond acceptors (Lipinski definition) is 6. The number of piperidine rings is 3. The highest BCUT2D eigenvalue weighted by atomic mass is 32.1. The van der Waals surface area contributed by atoms with E-state index in [0.29, 0.717) is 24.7 Å². The number of amides is 2. The summed E-state index contributed by atoms with van der Waals surface area (Å²) in [6.07, 6.45) is 4.01. The van der Waals surface area contributed by atoms with Crippen LogP contribution in [0.2, 0.25) is 0 Å². The normalized spacial score (nSPS) is 28.1. The van der Waals surface area contributed by atoms with Gasteiger partial charge < -0.3 is 15.1 Å². The van der Waals surface area contributed by atoms with Crippen molar-refractivity contribution in [2.75, 3.05) is 51.2 Å². The monoisotopic (exact) mass is 399 g/mol. The standard InChI is InChI=1S/C20H25N5O2S/c1-23-8-9-25(17(26)11-23)16-12-28-19-14(16)2-5-21-18(19)20(27)22-15-10-24-6-3-13(15)4-7-24/h2,5,12-13,15H,3-4,6-11H2,1H3,(H,22,27)/t15-/m0/s1. The van der Waals surface area contributed by atoms with Gasteiger partial charge in [0.1, 0.15) is 5.69 Å². The predicted octanol–water partition coefficient (Wildman–Crippen LogP) is 1.40. The summed E-state index contributed by atoms with van der Waals surface area (Å²) < 4.78 is 0.864. The largest absolute Gasteiger partial charge is 0.346 e. The van der Waals surface area contributed by atoms with Crippen LogP contribution in [0.3, 0.4) is 0 Å². The van der Waals surface area contributed by atoms with E-state index >= 15 is 0 Å². The van der Waals surface area contributed by atoms with Crippen LogP contribution in [0, 0.1) is 5.92 Å². The average molecular weight is 400 g/mol. The molecule has 0 aliphatic carbocycles. The minimum Gasteiger partial charge on any atom is -0.346 e. The first kappa shape index (κ1) is 18.0. The molecule has 4 fully saturated rings. The van der Waals surface area contributed by atoms with Gasteiger partial charge in [-0.25, -0.2) is 4.98 Å². The van der Waals surface area contributed by atoms with Gasteiger partial charge in [0.05, 0.1) is 16.9 Å². The molecule has 6 heterocycles. The van der Waals surface area contributed by atoms with E-state index in [1.807, 2.05) is 28.3 Å². The molecule has 8 heteroatoms. The second kappa shape index (κ2) is 7.09. The summed E-state index contributed by atoms with van der Waals surface area (Å²) in [6, 6.07) is 2.13. The van der Waals surface area contributed by atoms with Crippen LogP contribution < -0.4 is 10.2 Å². The number of rotatable bonds is 3. The fourth-order valence-electron chi connectivity index (χ4n) is 4.73. The minimum absolute atomic E-state index is 0.0949. The Morgan fingerprint density at radius 3 is 2.79 bits per heavy atom. The van der Waals surface area contributed by atoms with Gasteiger partial charge in [-0.3, -0.25) is 14.5 Å². The Morgan fingerprint density at radius 1 is 1.25 bits per heavy atom. The Labute approximate surface area is 168 Å². The van der Waals surface area contributed by atoms with E-state index in [4.69, 9.17) is 0 Å². The first-order valence-corrected chi connectivity index (χ1v) is 10.9. The molecule has 1 atom stereocenters. The Kier molecular flexibility index (Phi) is 4.57. The summed E-state index contributed by atoms with van der Waals surface area (Å²) in [5, 5.41) is 6.17. The predicted molar refractivity (Wildman–Crippen MR) is 110 cm³/mol. The molecule has 4 saturated heterocycles. The maximum Gasteiger partial charge on any atom is 0.271 e. The molecule has 2 bridgehead atoms. The average Bonchev–Trinajstić information content (AvgIpc) is 3.13. The van der Waals surface area contributed by atoms with E-state index in [-0.39, 0.29) is 17.9 Å². The highest BCUT2D eigenvalue weighted by Crippen LogP contribution is 2.35. The first-order chi connectivity index (χ1) is 13.6. The van der Waals surface area contributed by atoms with E-state index in [9.17, 15) is 9.59 Å². The van der Waals surface area contributed by atoms with Crippen LogP contribution in [0.5, 0.6) is 0 Å². The number of aromatic nitrogens is 1. The molecule has 148 valence electrons. The van der Waals surface area contributed by atoms with Crippen molar-refractivity contribution in [3.05, 3.63) is 23.3 Å². The molecule has 2 aromatic rings. The minimum atomic E-state index is -0.0949. The third-order valence-corrected chi connectivity index (χ3v) is 7.35. The Bertz CT molecular complexity index is 920. The van der Waals surface area contributed by atoms with Crippen LogP contribution in [-0.2, 0) is 4.79 Å². The molecule has 0 unspecified atom stereocenters. The zero-order valence-electron chi connectivity index (χ0n) is 16.1. The number of carbonyl (C=O) groups excluding carboxylic acids is 2. The van der Waals surface area contributed by atoms with Crippen molar-refractivity contribution < 1.29 is 9.59 Å². The van der Waals surface area contributed by atoms with Crippen LogP contribution in [0.4, 0.5) is 5.69 Å². The van der Waals surface area contributed by atoms with Gasteiger partial charge in [-0.2, -0.15) is 0 Å². The second-order valence-corrected chi connectivity index (χ2v) is 9.04. The van der Waals surface area contributed by atoms with E-state index in [1.54, 1.807) is 6.20 Å². The lowest BCUT2D eigenvalue weighted by Gasteiger charge is -2.44. The Balaban J connectivity index is 1.41. The van der Waals surface area contributed by atoms with Crippen molar-refractivity contribution in [3.63, 3.8) is 0 Å². The van der Waals surface area contributed by atoms with Crippen LogP contribution in [-0.4, -0.2) is 79.0 Å². The van der Waals surface area contributed by atoms with E-state index in [2.05, 4.69) is 15.2 Å². The molecule has 2 amide bonds. The zero-order chi connectivity index (χ0) is 19.3. The number of carbonyl (C=O) groups is 2. The molecule has 0 saturated carbocycles. The molecular weight excluding hydrogens is 374 g/mol. The third-order valence-electron chi connectivity index (χ3n) is 6.36. The molecule has 28 heavy (non-hydrogen) atoms. The molecule has 4 aliphatic rings. The van der Waals surface area contributed by atoms with Gasteiger partial charge in [0, 0.05) is 42.6 Å². The van der Waals surface area contributed by atoms with Gasteiger partial charge in [-0.1, -0.05) is 0 Å². The number of anilines is 1. The lowest BCUT2D eigenvalue weighted by molar-refractivity contribution is -0.120. The number of fused-ring (bicyclic) bond motifs is 4. The quantitative estimate of drug-likeness (QED) is 0.845. The molecule has 7 nitrogen and oxygen atoms in total. The third kappa shape index (κ3) is 3.09. The van der Waals surface area contributed by atoms with Gasteiger partial charge in [-0.15, -0.1) is 11.3 Å². The van der Waals surface area contributed by atoms with Crippen molar-refractivity contribution in [2.24, 2.45) is 5.92 Å². The molecule has 2 aromatic heterocycles. The van der Waals surface area contributed by atoms with Gasteiger partial charge >= 0.3 is 0 Å². The first-order valence-electron chi connectivity index (χ1n) is 9.98. The number of thiophene rings is 1. The molecule has 0 radical (unpaired) electrons. The van der Waals surface area contributed by atoms with Crippen LogP contribution >= 0.6 is 11.3 Å². The van der Waals surface area contributed by atoms with Crippen molar-refractivity contribution in [1.29, 1.82) is 0 Å². The number of nitrogens with zero attached hydrogens (tertiary/aromatic N) is 4. The SMILES string of the molecule is CN1CCN(c2csc3c(C(=O)N[C@H]4CN5CCC4CC5)nccc23)C(=O)C1. The van der Waals surface area contributed by atoms with E-state index < -0.39 is 0 Å².